The van der Waals surface area contributed by atoms with Crippen LogP contribution < -0.4 is 0 Å². The summed E-state index contributed by atoms with van der Waals surface area (Å²) < 4.78 is 35.9. The molecule has 0 amide bonds. The lowest BCUT2D eigenvalue weighted by atomic mass is 10.3. The third kappa shape index (κ3) is 2.78. The molecular formula is C12H15NO5S. The van der Waals surface area contributed by atoms with Crippen molar-refractivity contribution in [2.45, 2.75) is 10.9 Å². The topological polar surface area (TPSA) is 72.9 Å². The Bertz CT molecular complexity index is 542. The van der Waals surface area contributed by atoms with Gasteiger partial charge in [-0.15, -0.1) is 0 Å². The van der Waals surface area contributed by atoms with E-state index in [0.29, 0.717) is 0 Å². The lowest BCUT2D eigenvalue weighted by Gasteiger charge is -2.32. The molecule has 1 aromatic carbocycles. The van der Waals surface area contributed by atoms with Gasteiger partial charge in [-0.25, -0.2) is 8.42 Å². The van der Waals surface area contributed by atoms with Crippen molar-refractivity contribution in [3.8, 4) is 0 Å². The second kappa shape index (κ2) is 5.68. The number of methoxy groups -OCH3 is 1. The molecule has 1 unspecified atom stereocenters. The number of esters is 1. The van der Waals surface area contributed by atoms with Crippen molar-refractivity contribution in [1.82, 2.24) is 4.31 Å². The van der Waals surface area contributed by atoms with Crippen LogP contribution in [0, 0.1) is 0 Å². The Morgan fingerprint density at radius 1 is 1.37 bits per heavy atom. The van der Waals surface area contributed by atoms with Gasteiger partial charge in [0.25, 0.3) is 0 Å². The number of rotatable bonds is 3. The van der Waals surface area contributed by atoms with Crippen LogP contribution in [0.25, 0.3) is 0 Å². The molecule has 0 aliphatic carbocycles. The number of ether oxygens (including phenoxy) is 2. The molecule has 7 heteroatoms. The predicted molar refractivity (Wildman–Crippen MR) is 67.0 cm³/mol. The summed E-state index contributed by atoms with van der Waals surface area (Å²) in [6, 6.07) is 7.08. The average Bonchev–Trinajstić information content (AvgIpc) is 2.47. The van der Waals surface area contributed by atoms with E-state index in [9.17, 15) is 13.2 Å². The molecule has 2 rings (SSSR count). The van der Waals surface area contributed by atoms with Gasteiger partial charge in [-0.05, 0) is 12.1 Å². The largest absolute Gasteiger partial charge is 0.468 e. The number of nitrogens with zero attached hydrogens (tertiary/aromatic N) is 1. The molecule has 1 aliphatic heterocycles. The normalized spacial score (nSPS) is 21.0. The van der Waals surface area contributed by atoms with Crippen LogP contribution in [0.1, 0.15) is 0 Å². The van der Waals surface area contributed by atoms with Crippen LogP contribution in [0.15, 0.2) is 35.2 Å². The van der Waals surface area contributed by atoms with Crippen LogP contribution in [-0.2, 0) is 24.3 Å². The molecule has 1 aliphatic rings. The lowest BCUT2D eigenvalue weighted by molar-refractivity contribution is -0.149. The van der Waals surface area contributed by atoms with Crippen LogP contribution in [0.2, 0.25) is 0 Å². The smallest absolute Gasteiger partial charge is 0.326 e. The Labute approximate surface area is 112 Å². The minimum atomic E-state index is -3.71. The molecule has 6 nitrogen and oxygen atoms in total. The van der Waals surface area contributed by atoms with Crippen molar-refractivity contribution in [2.24, 2.45) is 0 Å². The van der Waals surface area contributed by atoms with E-state index < -0.39 is 22.0 Å². The molecule has 1 aromatic rings. The van der Waals surface area contributed by atoms with Crippen molar-refractivity contribution >= 4 is 16.0 Å². The standard InChI is InChI=1S/C12H15NO5S/c1-17-12(14)11-9-18-8-7-13(11)19(15,16)10-5-3-2-4-6-10/h2-6,11H,7-9H2,1H3. The van der Waals surface area contributed by atoms with Gasteiger partial charge >= 0.3 is 5.97 Å². The summed E-state index contributed by atoms with van der Waals surface area (Å²) in [5.74, 6) is -0.612. The monoisotopic (exact) mass is 285 g/mol. The zero-order chi connectivity index (χ0) is 13.9. The molecule has 0 radical (unpaired) electrons. The first kappa shape index (κ1) is 14.0. The fraction of sp³-hybridized carbons (Fsp3) is 0.417. The summed E-state index contributed by atoms with van der Waals surface area (Å²) in [5, 5.41) is 0. The number of morpholine rings is 1. The first-order chi connectivity index (χ1) is 9.07. The van der Waals surface area contributed by atoms with Crippen LogP contribution in [0.4, 0.5) is 0 Å². The summed E-state index contributed by atoms with van der Waals surface area (Å²) >= 11 is 0. The molecule has 1 saturated heterocycles. The molecule has 1 atom stereocenters. The van der Waals surface area contributed by atoms with Gasteiger partial charge in [0.2, 0.25) is 10.0 Å². The maximum absolute atomic E-state index is 12.5. The summed E-state index contributed by atoms with van der Waals surface area (Å²) in [7, 11) is -2.49. The molecule has 0 aromatic heterocycles. The zero-order valence-electron chi connectivity index (χ0n) is 10.5. The SMILES string of the molecule is COC(=O)C1COCCN1S(=O)(=O)c1ccccc1. The van der Waals surface area contributed by atoms with Crippen LogP contribution >= 0.6 is 0 Å². The molecule has 1 fully saturated rings. The van der Waals surface area contributed by atoms with Gasteiger partial charge in [-0.2, -0.15) is 4.31 Å². The van der Waals surface area contributed by atoms with Crippen LogP contribution in [0.3, 0.4) is 0 Å². The van der Waals surface area contributed by atoms with Gasteiger partial charge in [0.1, 0.15) is 6.04 Å². The van der Waals surface area contributed by atoms with E-state index in [-0.39, 0.29) is 24.7 Å². The number of carbonyl (C=O) groups excluding carboxylic acids is 1. The minimum Gasteiger partial charge on any atom is -0.468 e. The highest BCUT2D eigenvalue weighted by molar-refractivity contribution is 7.89. The van der Waals surface area contributed by atoms with E-state index in [1.807, 2.05) is 0 Å². The average molecular weight is 285 g/mol. The van der Waals surface area contributed by atoms with Crippen molar-refractivity contribution in [3.05, 3.63) is 30.3 Å². The molecule has 104 valence electrons. The Balaban J connectivity index is 2.35. The van der Waals surface area contributed by atoms with E-state index in [4.69, 9.17) is 4.74 Å². The molecule has 19 heavy (non-hydrogen) atoms. The molecule has 1 heterocycles. The molecular weight excluding hydrogens is 270 g/mol. The van der Waals surface area contributed by atoms with Crippen molar-refractivity contribution in [2.75, 3.05) is 26.9 Å². The highest BCUT2D eigenvalue weighted by Gasteiger charge is 2.38. The van der Waals surface area contributed by atoms with Gasteiger partial charge in [0, 0.05) is 6.54 Å². The number of carbonyl (C=O) groups is 1. The van der Waals surface area contributed by atoms with E-state index in [1.165, 1.54) is 19.2 Å². The van der Waals surface area contributed by atoms with Gasteiger partial charge < -0.3 is 9.47 Å². The van der Waals surface area contributed by atoms with Gasteiger partial charge in [-0.1, -0.05) is 18.2 Å². The predicted octanol–water partition coefficient (Wildman–Crippen LogP) is 0.249. The van der Waals surface area contributed by atoms with Crippen molar-refractivity contribution < 1.29 is 22.7 Å². The third-order valence-corrected chi connectivity index (χ3v) is 4.82. The third-order valence-electron chi connectivity index (χ3n) is 2.90. The van der Waals surface area contributed by atoms with E-state index in [1.54, 1.807) is 18.2 Å². The second-order valence-electron chi connectivity index (χ2n) is 4.04. The van der Waals surface area contributed by atoms with Crippen LogP contribution in [0.5, 0.6) is 0 Å². The maximum Gasteiger partial charge on any atom is 0.326 e. The molecule has 0 N–H and O–H groups in total. The minimum absolute atomic E-state index is 0.0126. The van der Waals surface area contributed by atoms with E-state index in [2.05, 4.69) is 4.74 Å². The first-order valence-electron chi connectivity index (χ1n) is 5.80. The van der Waals surface area contributed by atoms with Gasteiger partial charge in [0.05, 0.1) is 25.2 Å². The Kier molecular flexibility index (Phi) is 4.18. The maximum atomic E-state index is 12.5. The zero-order valence-corrected chi connectivity index (χ0v) is 11.3. The Hall–Kier alpha value is -1.44. The van der Waals surface area contributed by atoms with Crippen molar-refractivity contribution in [1.29, 1.82) is 0 Å². The number of hydrogen-bond acceptors (Lipinski definition) is 5. The molecule has 0 saturated carbocycles. The quantitative estimate of drug-likeness (QED) is 0.744. The summed E-state index contributed by atoms with van der Waals surface area (Å²) in [6.45, 7) is 0.412. The summed E-state index contributed by atoms with van der Waals surface area (Å²) in [5.41, 5.74) is 0. The lowest BCUT2D eigenvalue weighted by Crippen LogP contribution is -2.52. The molecule has 0 spiro atoms. The van der Waals surface area contributed by atoms with Gasteiger partial charge in [-0.3, -0.25) is 4.79 Å². The first-order valence-corrected chi connectivity index (χ1v) is 7.24. The van der Waals surface area contributed by atoms with Gasteiger partial charge in [0.15, 0.2) is 0 Å². The fourth-order valence-electron chi connectivity index (χ4n) is 1.93. The summed E-state index contributed by atoms with van der Waals surface area (Å²) in [4.78, 5) is 11.8. The van der Waals surface area contributed by atoms with Crippen molar-refractivity contribution in [3.63, 3.8) is 0 Å². The van der Waals surface area contributed by atoms with E-state index in [0.717, 1.165) is 4.31 Å². The Morgan fingerprint density at radius 2 is 2.05 bits per heavy atom. The highest BCUT2D eigenvalue weighted by Crippen LogP contribution is 2.20. The Morgan fingerprint density at radius 3 is 2.68 bits per heavy atom. The molecule has 0 bridgehead atoms. The highest BCUT2D eigenvalue weighted by atomic mass is 32.2. The number of hydrogen-bond donors (Lipinski definition) is 0. The summed E-state index contributed by atoms with van der Waals surface area (Å²) in [6.07, 6.45) is 0. The number of sulfonamides is 1. The van der Waals surface area contributed by atoms with E-state index >= 15 is 0 Å². The van der Waals surface area contributed by atoms with Crippen LogP contribution in [-0.4, -0.2) is 51.6 Å². The number of benzene rings is 1. The fourth-order valence-corrected chi connectivity index (χ4v) is 3.49. The second-order valence-corrected chi connectivity index (χ2v) is 5.93.